The summed E-state index contributed by atoms with van der Waals surface area (Å²) in [4.78, 5) is 12.1. The lowest BCUT2D eigenvalue weighted by molar-refractivity contribution is 0.0930. The normalized spacial score (nSPS) is 11.8. The minimum Gasteiger partial charge on any atom is -0.490 e. The van der Waals surface area contributed by atoms with Gasteiger partial charge in [-0.3, -0.25) is 4.79 Å². The summed E-state index contributed by atoms with van der Waals surface area (Å²) in [7, 11) is 0. The second-order valence-electron chi connectivity index (χ2n) is 5.09. The van der Waals surface area contributed by atoms with Gasteiger partial charge in [-0.25, -0.2) is 0 Å². The number of ether oxygens (including phenoxy) is 2. The summed E-state index contributed by atoms with van der Waals surface area (Å²) in [5.74, 6) is 1.69. The maximum absolute atomic E-state index is 12.1. The first-order valence-corrected chi connectivity index (χ1v) is 7.68. The molecule has 0 aliphatic rings. The molecule has 1 aromatic carbocycles. The van der Waals surface area contributed by atoms with Crippen molar-refractivity contribution in [3.8, 4) is 11.5 Å². The monoisotopic (exact) mass is 318 g/mol. The van der Waals surface area contributed by atoms with Crippen LogP contribution in [0.4, 0.5) is 0 Å². The Morgan fingerprint density at radius 2 is 1.91 bits per heavy atom. The van der Waals surface area contributed by atoms with Crippen LogP contribution in [0.5, 0.6) is 11.5 Å². The number of amides is 1. The largest absolute Gasteiger partial charge is 0.490 e. The number of carbonyl (C=O) groups is 1. The lowest BCUT2D eigenvalue weighted by Gasteiger charge is -2.17. The Balaban J connectivity index is 2.13. The number of hydrogen-bond acceptors (Lipinski definition) is 5. The van der Waals surface area contributed by atoms with Crippen molar-refractivity contribution in [2.75, 3.05) is 13.2 Å². The molecule has 0 saturated carbocycles. The van der Waals surface area contributed by atoms with Crippen LogP contribution in [-0.2, 0) is 0 Å². The fraction of sp³-hybridized carbons (Fsp3) is 0.412. The molecule has 0 radical (unpaired) electrons. The highest BCUT2D eigenvalue weighted by molar-refractivity contribution is 5.92. The molecule has 1 aromatic heterocycles. The van der Waals surface area contributed by atoms with Crippen LogP contribution in [0.2, 0.25) is 0 Å². The third-order valence-corrected chi connectivity index (χ3v) is 3.28. The summed E-state index contributed by atoms with van der Waals surface area (Å²) in [6, 6.07) is 7.05. The molecule has 1 N–H and O–H groups in total. The van der Waals surface area contributed by atoms with E-state index in [1.54, 1.807) is 13.0 Å². The molecule has 0 spiro atoms. The fourth-order valence-corrected chi connectivity index (χ4v) is 2.16. The molecule has 0 saturated heterocycles. The van der Waals surface area contributed by atoms with Gasteiger partial charge in [0.25, 0.3) is 5.91 Å². The quantitative estimate of drug-likeness (QED) is 0.848. The van der Waals surface area contributed by atoms with Crippen molar-refractivity contribution in [1.82, 2.24) is 10.5 Å². The molecule has 0 bridgehead atoms. The Labute approximate surface area is 135 Å². The van der Waals surface area contributed by atoms with Crippen molar-refractivity contribution >= 4 is 5.91 Å². The first-order chi connectivity index (χ1) is 11.0. The lowest BCUT2D eigenvalue weighted by atomic mass is 10.1. The highest BCUT2D eigenvalue weighted by atomic mass is 16.5. The van der Waals surface area contributed by atoms with Crippen LogP contribution < -0.4 is 14.8 Å². The molecule has 1 heterocycles. The number of nitrogens with zero attached hydrogens (tertiary/aromatic N) is 1. The number of carbonyl (C=O) groups excluding carboxylic acids is 1. The van der Waals surface area contributed by atoms with Gasteiger partial charge in [-0.15, -0.1) is 0 Å². The zero-order valence-electron chi connectivity index (χ0n) is 13.9. The molecule has 6 nitrogen and oxygen atoms in total. The molecular weight excluding hydrogens is 296 g/mol. The average molecular weight is 318 g/mol. The maximum Gasteiger partial charge on any atom is 0.273 e. The van der Waals surface area contributed by atoms with E-state index in [1.165, 1.54) is 0 Å². The Morgan fingerprint density at radius 3 is 2.52 bits per heavy atom. The molecule has 1 amide bonds. The molecule has 23 heavy (non-hydrogen) atoms. The predicted octanol–water partition coefficient (Wildman–Crippen LogP) is 3.27. The topological polar surface area (TPSA) is 73.6 Å². The fourth-order valence-electron chi connectivity index (χ4n) is 2.16. The smallest absolute Gasteiger partial charge is 0.273 e. The van der Waals surface area contributed by atoms with Gasteiger partial charge in [-0.05, 0) is 45.4 Å². The second kappa shape index (κ2) is 7.67. The standard InChI is InChI=1S/C17H22N2O4/c1-5-21-15-8-7-13(10-16(15)22-6-2)12(4)18-17(20)14-9-11(3)23-19-14/h7-10,12H,5-6H2,1-4H3,(H,18,20)/t12-/m0/s1. The first-order valence-electron chi connectivity index (χ1n) is 7.68. The molecule has 6 heteroatoms. The van der Waals surface area contributed by atoms with Crippen LogP contribution >= 0.6 is 0 Å². The molecule has 0 aliphatic carbocycles. The van der Waals surface area contributed by atoms with E-state index in [-0.39, 0.29) is 17.6 Å². The number of nitrogens with one attached hydrogen (secondary N) is 1. The highest BCUT2D eigenvalue weighted by Crippen LogP contribution is 2.30. The van der Waals surface area contributed by atoms with Crippen LogP contribution in [0.25, 0.3) is 0 Å². The molecular formula is C17H22N2O4. The van der Waals surface area contributed by atoms with Crippen molar-refractivity contribution in [1.29, 1.82) is 0 Å². The predicted molar refractivity (Wildman–Crippen MR) is 85.9 cm³/mol. The number of aryl methyl sites for hydroxylation is 1. The van der Waals surface area contributed by atoms with E-state index in [0.717, 1.165) is 5.56 Å². The van der Waals surface area contributed by atoms with E-state index in [1.807, 2.05) is 39.0 Å². The summed E-state index contributed by atoms with van der Waals surface area (Å²) in [5, 5.41) is 6.60. The lowest BCUT2D eigenvalue weighted by Crippen LogP contribution is -2.26. The molecule has 2 rings (SSSR count). The van der Waals surface area contributed by atoms with E-state index < -0.39 is 0 Å². The number of aromatic nitrogens is 1. The highest BCUT2D eigenvalue weighted by Gasteiger charge is 2.16. The van der Waals surface area contributed by atoms with Gasteiger partial charge in [-0.1, -0.05) is 11.2 Å². The minimum absolute atomic E-state index is 0.200. The van der Waals surface area contributed by atoms with Crippen molar-refractivity contribution < 1.29 is 18.8 Å². The molecule has 124 valence electrons. The molecule has 1 atom stereocenters. The molecule has 0 fully saturated rings. The number of benzene rings is 1. The van der Waals surface area contributed by atoms with Crippen LogP contribution in [0.1, 0.15) is 48.6 Å². The van der Waals surface area contributed by atoms with Crippen LogP contribution in [0, 0.1) is 6.92 Å². The van der Waals surface area contributed by atoms with Gasteiger partial charge in [0, 0.05) is 6.07 Å². The van der Waals surface area contributed by atoms with E-state index in [4.69, 9.17) is 14.0 Å². The maximum atomic E-state index is 12.1. The average Bonchev–Trinajstić information content (AvgIpc) is 2.96. The summed E-state index contributed by atoms with van der Waals surface area (Å²) < 4.78 is 16.1. The first kappa shape index (κ1) is 16.9. The van der Waals surface area contributed by atoms with Crippen molar-refractivity contribution in [2.24, 2.45) is 0 Å². The third kappa shape index (κ3) is 4.25. The van der Waals surface area contributed by atoms with Gasteiger partial charge in [0.2, 0.25) is 0 Å². The Hall–Kier alpha value is -2.50. The van der Waals surface area contributed by atoms with Gasteiger partial charge in [-0.2, -0.15) is 0 Å². The van der Waals surface area contributed by atoms with Gasteiger partial charge in [0.1, 0.15) is 5.76 Å². The van der Waals surface area contributed by atoms with Gasteiger partial charge >= 0.3 is 0 Å². The minimum atomic E-state index is -0.277. The summed E-state index contributed by atoms with van der Waals surface area (Å²) in [6.45, 7) is 8.59. The third-order valence-electron chi connectivity index (χ3n) is 3.28. The zero-order chi connectivity index (χ0) is 16.8. The van der Waals surface area contributed by atoms with Crippen molar-refractivity contribution in [3.05, 3.63) is 41.3 Å². The van der Waals surface area contributed by atoms with Gasteiger partial charge in [0.05, 0.1) is 19.3 Å². The second-order valence-corrected chi connectivity index (χ2v) is 5.09. The van der Waals surface area contributed by atoms with E-state index >= 15 is 0 Å². The van der Waals surface area contributed by atoms with Crippen LogP contribution in [0.3, 0.4) is 0 Å². The summed E-state index contributed by atoms with van der Waals surface area (Å²) >= 11 is 0. The van der Waals surface area contributed by atoms with Crippen LogP contribution in [-0.4, -0.2) is 24.3 Å². The summed E-state index contributed by atoms with van der Waals surface area (Å²) in [6.07, 6.45) is 0. The SMILES string of the molecule is CCOc1ccc([C@H](C)NC(=O)c2cc(C)on2)cc1OCC. The van der Waals surface area contributed by atoms with Gasteiger partial charge < -0.3 is 19.3 Å². The summed E-state index contributed by atoms with van der Waals surface area (Å²) in [5.41, 5.74) is 1.19. The molecule has 0 aliphatic heterocycles. The Morgan fingerprint density at radius 1 is 1.22 bits per heavy atom. The Kier molecular flexibility index (Phi) is 5.62. The van der Waals surface area contributed by atoms with E-state index in [2.05, 4.69) is 10.5 Å². The number of hydrogen-bond donors (Lipinski definition) is 1. The van der Waals surface area contributed by atoms with E-state index in [0.29, 0.717) is 30.5 Å². The van der Waals surface area contributed by atoms with Crippen molar-refractivity contribution in [3.63, 3.8) is 0 Å². The Bertz CT molecular complexity index is 666. The molecule has 2 aromatic rings. The van der Waals surface area contributed by atoms with Gasteiger partial charge in [0.15, 0.2) is 17.2 Å². The van der Waals surface area contributed by atoms with E-state index in [9.17, 15) is 4.79 Å². The number of rotatable bonds is 7. The zero-order valence-corrected chi connectivity index (χ0v) is 13.9. The van der Waals surface area contributed by atoms with Crippen LogP contribution in [0.15, 0.2) is 28.8 Å². The molecule has 0 unspecified atom stereocenters. The van der Waals surface area contributed by atoms with Crippen molar-refractivity contribution in [2.45, 2.75) is 33.7 Å².